The van der Waals surface area contributed by atoms with Crippen molar-refractivity contribution in [3.8, 4) is 0 Å². The molecule has 0 saturated heterocycles. The van der Waals surface area contributed by atoms with Gasteiger partial charge in [0.05, 0.1) is 5.54 Å². The van der Waals surface area contributed by atoms with Gasteiger partial charge in [-0.15, -0.1) is 0 Å². The van der Waals surface area contributed by atoms with Gasteiger partial charge in [0.2, 0.25) is 5.91 Å². The van der Waals surface area contributed by atoms with Crippen LogP contribution in [0.4, 0.5) is 5.69 Å². The molecule has 0 unspecified atom stereocenters. The van der Waals surface area contributed by atoms with E-state index in [-0.39, 0.29) is 5.91 Å². The van der Waals surface area contributed by atoms with E-state index in [1.807, 2.05) is 25.8 Å². The second kappa shape index (κ2) is 4.73. The number of para-hydroxylation sites is 1. The van der Waals surface area contributed by atoms with Gasteiger partial charge < -0.3 is 10.2 Å². The van der Waals surface area contributed by atoms with Crippen molar-refractivity contribution in [2.24, 2.45) is 0 Å². The molecular formula is C15H22N2O. The van der Waals surface area contributed by atoms with Crippen LogP contribution in [0.15, 0.2) is 18.2 Å². The van der Waals surface area contributed by atoms with Crippen molar-refractivity contribution in [3.05, 3.63) is 29.3 Å². The minimum atomic E-state index is -0.517. The summed E-state index contributed by atoms with van der Waals surface area (Å²) < 4.78 is 0. The summed E-state index contributed by atoms with van der Waals surface area (Å²) in [5.41, 5.74) is 3.09. The summed E-state index contributed by atoms with van der Waals surface area (Å²) in [7, 11) is 1.83. The summed E-state index contributed by atoms with van der Waals surface area (Å²) in [5, 5.41) is 3.10. The van der Waals surface area contributed by atoms with E-state index >= 15 is 0 Å². The summed E-state index contributed by atoms with van der Waals surface area (Å²) in [6.07, 6.45) is 2.11. The predicted molar refractivity (Wildman–Crippen MR) is 75.0 cm³/mol. The molecule has 1 aliphatic rings. The molecule has 0 radical (unpaired) electrons. The molecule has 0 bridgehead atoms. The Bertz CT molecular complexity index is 466. The van der Waals surface area contributed by atoms with Crippen LogP contribution in [0.1, 0.15) is 31.4 Å². The summed E-state index contributed by atoms with van der Waals surface area (Å²) in [6.45, 7) is 6.77. The highest BCUT2D eigenvalue weighted by Gasteiger charge is 2.33. The molecule has 1 amide bonds. The summed E-state index contributed by atoms with van der Waals surface area (Å²) in [4.78, 5) is 14.6. The lowest BCUT2D eigenvalue weighted by Crippen LogP contribution is -2.54. The number of rotatable bonds is 2. The monoisotopic (exact) mass is 246 g/mol. The molecule has 1 heterocycles. The molecule has 0 atom stereocenters. The lowest BCUT2D eigenvalue weighted by atomic mass is 9.95. The molecule has 1 N–H and O–H groups in total. The summed E-state index contributed by atoms with van der Waals surface area (Å²) >= 11 is 0. The van der Waals surface area contributed by atoms with Gasteiger partial charge in [-0.2, -0.15) is 0 Å². The Balaban J connectivity index is 2.42. The van der Waals surface area contributed by atoms with Gasteiger partial charge in [0.1, 0.15) is 0 Å². The van der Waals surface area contributed by atoms with Gasteiger partial charge in [-0.3, -0.25) is 4.79 Å². The Labute approximate surface area is 109 Å². The van der Waals surface area contributed by atoms with Crippen LogP contribution in [-0.2, 0) is 11.2 Å². The third-order valence-corrected chi connectivity index (χ3v) is 3.82. The van der Waals surface area contributed by atoms with Gasteiger partial charge in [-0.1, -0.05) is 18.2 Å². The second-order valence-corrected chi connectivity index (χ2v) is 5.52. The topological polar surface area (TPSA) is 32.3 Å². The maximum atomic E-state index is 12.6. The number of hydrogen-bond acceptors (Lipinski definition) is 2. The molecule has 0 fully saturated rings. The minimum absolute atomic E-state index is 0.153. The number of benzene rings is 1. The zero-order chi connectivity index (χ0) is 13.3. The first-order valence-electron chi connectivity index (χ1n) is 6.57. The van der Waals surface area contributed by atoms with Gasteiger partial charge in [-0.05, 0) is 51.8 Å². The third-order valence-electron chi connectivity index (χ3n) is 3.82. The largest absolute Gasteiger partial charge is 0.310 e. The number of fused-ring (bicyclic) bond motifs is 1. The van der Waals surface area contributed by atoms with Crippen molar-refractivity contribution in [2.75, 3.05) is 18.5 Å². The van der Waals surface area contributed by atoms with E-state index in [0.29, 0.717) is 0 Å². The third kappa shape index (κ3) is 2.15. The first-order chi connectivity index (χ1) is 8.47. The van der Waals surface area contributed by atoms with Crippen LogP contribution >= 0.6 is 0 Å². The van der Waals surface area contributed by atoms with Crippen molar-refractivity contribution in [1.29, 1.82) is 0 Å². The van der Waals surface area contributed by atoms with Crippen LogP contribution in [0, 0.1) is 6.92 Å². The van der Waals surface area contributed by atoms with Gasteiger partial charge in [0.25, 0.3) is 0 Å². The lowest BCUT2D eigenvalue weighted by Gasteiger charge is -2.36. The Kier molecular flexibility index (Phi) is 3.44. The van der Waals surface area contributed by atoms with Crippen molar-refractivity contribution >= 4 is 11.6 Å². The molecule has 1 aromatic carbocycles. The maximum Gasteiger partial charge on any atom is 0.246 e. The molecule has 1 aliphatic heterocycles. The van der Waals surface area contributed by atoms with E-state index in [4.69, 9.17) is 0 Å². The van der Waals surface area contributed by atoms with Crippen molar-refractivity contribution in [1.82, 2.24) is 5.32 Å². The zero-order valence-corrected chi connectivity index (χ0v) is 11.7. The highest BCUT2D eigenvalue weighted by atomic mass is 16.2. The number of carbonyl (C=O) groups excluding carboxylic acids is 1. The standard InChI is InChI=1S/C15H22N2O/c1-11-7-5-8-12-9-6-10-17(13(11)12)14(18)15(2,3)16-4/h5,7-8,16H,6,9-10H2,1-4H3. The van der Waals surface area contributed by atoms with E-state index in [9.17, 15) is 4.79 Å². The maximum absolute atomic E-state index is 12.6. The van der Waals surface area contributed by atoms with Crippen LogP contribution in [0.3, 0.4) is 0 Å². The zero-order valence-electron chi connectivity index (χ0n) is 11.7. The predicted octanol–water partition coefficient (Wildman–Crippen LogP) is 2.27. The molecule has 18 heavy (non-hydrogen) atoms. The smallest absolute Gasteiger partial charge is 0.246 e. The number of likely N-dealkylation sites (N-methyl/N-ethyl adjacent to an activating group) is 1. The number of nitrogens with zero attached hydrogens (tertiary/aromatic N) is 1. The highest BCUT2D eigenvalue weighted by molar-refractivity contribution is 6.01. The van der Waals surface area contributed by atoms with Crippen molar-refractivity contribution in [3.63, 3.8) is 0 Å². The minimum Gasteiger partial charge on any atom is -0.310 e. The number of amides is 1. The SMILES string of the molecule is CNC(C)(C)C(=O)N1CCCc2cccc(C)c21. The van der Waals surface area contributed by atoms with Gasteiger partial charge in [0.15, 0.2) is 0 Å². The highest BCUT2D eigenvalue weighted by Crippen LogP contribution is 2.31. The van der Waals surface area contributed by atoms with Crippen molar-refractivity contribution in [2.45, 2.75) is 39.2 Å². The van der Waals surface area contributed by atoms with Gasteiger partial charge >= 0.3 is 0 Å². The Morgan fingerprint density at radius 2 is 2.11 bits per heavy atom. The number of nitrogens with one attached hydrogen (secondary N) is 1. The average Bonchev–Trinajstić information content (AvgIpc) is 2.37. The number of carbonyl (C=O) groups is 1. The molecule has 0 aromatic heterocycles. The van der Waals surface area contributed by atoms with Gasteiger partial charge in [0, 0.05) is 12.2 Å². The molecule has 98 valence electrons. The van der Waals surface area contributed by atoms with Crippen LogP contribution in [0.25, 0.3) is 0 Å². The number of hydrogen-bond donors (Lipinski definition) is 1. The first-order valence-corrected chi connectivity index (χ1v) is 6.57. The first kappa shape index (κ1) is 13.1. The Hall–Kier alpha value is -1.35. The Morgan fingerprint density at radius 1 is 1.39 bits per heavy atom. The molecule has 0 saturated carbocycles. The number of anilines is 1. The fourth-order valence-corrected chi connectivity index (χ4v) is 2.49. The average molecular weight is 246 g/mol. The lowest BCUT2D eigenvalue weighted by molar-refractivity contribution is -0.123. The summed E-state index contributed by atoms with van der Waals surface area (Å²) in [6, 6.07) is 6.29. The van der Waals surface area contributed by atoms with Gasteiger partial charge in [-0.25, -0.2) is 0 Å². The molecule has 2 rings (SSSR count). The molecule has 1 aromatic rings. The fourth-order valence-electron chi connectivity index (χ4n) is 2.49. The van der Waals surface area contributed by atoms with E-state index in [1.165, 1.54) is 11.1 Å². The summed E-state index contributed by atoms with van der Waals surface area (Å²) in [5.74, 6) is 0.153. The van der Waals surface area contributed by atoms with E-state index in [0.717, 1.165) is 25.1 Å². The van der Waals surface area contributed by atoms with Crippen molar-refractivity contribution < 1.29 is 4.79 Å². The van der Waals surface area contributed by atoms with E-state index in [2.05, 4.69) is 30.4 Å². The van der Waals surface area contributed by atoms with Crippen LogP contribution in [-0.4, -0.2) is 25.0 Å². The molecular weight excluding hydrogens is 224 g/mol. The number of aryl methyl sites for hydroxylation is 2. The fraction of sp³-hybridized carbons (Fsp3) is 0.533. The molecule has 0 aliphatic carbocycles. The molecule has 0 spiro atoms. The van der Waals surface area contributed by atoms with Crippen LogP contribution in [0.5, 0.6) is 0 Å². The van der Waals surface area contributed by atoms with Crippen LogP contribution < -0.4 is 10.2 Å². The van der Waals surface area contributed by atoms with E-state index in [1.54, 1.807) is 0 Å². The quantitative estimate of drug-likeness (QED) is 0.868. The second-order valence-electron chi connectivity index (χ2n) is 5.52. The molecule has 3 heteroatoms. The normalized spacial score (nSPS) is 15.4. The molecule has 3 nitrogen and oxygen atoms in total. The van der Waals surface area contributed by atoms with Crippen LogP contribution in [0.2, 0.25) is 0 Å². The van der Waals surface area contributed by atoms with E-state index < -0.39 is 5.54 Å². The Morgan fingerprint density at radius 3 is 2.78 bits per heavy atom.